The molecule has 0 bridgehead atoms. The quantitative estimate of drug-likeness (QED) is 0.840. The van der Waals surface area contributed by atoms with E-state index >= 15 is 0 Å². The van der Waals surface area contributed by atoms with Gasteiger partial charge in [-0.2, -0.15) is 0 Å². The van der Waals surface area contributed by atoms with Crippen LogP contribution in [0, 0.1) is 6.92 Å². The van der Waals surface area contributed by atoms with Crippen molar-refractivity contribution in [2.75, 3.05) is 5.73 Å². The molecule has 0 fully saturated rings. The summed E-state index contributed by atoms with van der Waals surface area (Å²) in [6.07, 6.45) is 2.73. The van der Waals surface area contributed by atoms with Crippen molar-refractivity contribution in [2.24, 2.45) is 0 Å². The molecule has 0 amide bonds. The van der Waals surface area contributed by atoms with Crippen molar-refractivity contribution < 1.29 is 0 Å². The molecule has 3 heteroatoms. The molecular formula is C15H18N2O. The van der Waals surface area contributed by atoms with Gasteiger partial charge in [-0.05, 0) is 42.2 Å². The standard InChI is InChI=1S/C15H18N2O/c1-3-12-7-8-17(15(18)9-12)10-13-5-4-6-14(16)11(13)2/h4-9H,3,10,16H2,1-2H3. The topological polar surface area (TPSA) is 48.0 Å². The molecule has 1 aromatic carbocycles. The van der Waals surface area contributed by atoms with E-state index in [-0.39, 0.29) is 5.56 Å². The molecule has 3 nitrogen and oxygen atoms in total. The molecule has 0 atom stereocenters. The number of anilines is 1. The Bertz CT molecular complexity index is 614. The van der Waals surface area contributed by atoms with E-state index in [0.29, 0.717) is 6.54 Å². The molecule has 2 aromatic rings. The molecule has 2 N–H and O–H groups in total. The summed E-state index contributed by atoms with van der Waals surface area (Å²) in [4.78, 5) is 11.9. The van der Waals surface area contributed by atoms with E-state index in [9.17, 15) is 4.79 Å². The Balaban J connectivity index is 2.35. The van der Waals surface area contributed by atoms with Gasteiger partial charge in [-0.1, -0.05) is 19.1 Å². The molecule has 0 spiro atoms. The molecule has 0 saturated heterocycles. The Morgan fingerprint density at radius 1 is 1.28 bits per heavy atom. The summed E-state index contributed by atoms with van der Waals surface area (Å²) in [6.45, 7) is 4.59. The van der Waals surface area contributed by atoms with Crippen molar-refractivity contribution in [1.29, 1.82) is 0 Å². The normalized spacial score (nSPS) is 10.6. The molecule has 0 aliphatic heterocycles. The van der Waals surface area contributed by atoms with Gasteiger partial charge in [0.2, 0.25) is 0 Å². The predicted molar refractivity (Wildman–Crippen MR) is 74.8 cm³/mol. The average molecular weight is 242 g/mol. The number of aryl methyl sites for hydroxylation is 1. The van der Waals surface area contributed by atoms with Crippen LogP contribution in [-0.2, 0) is 13.0 Å². The number of hydrogen-bond acceptors (Lipinski definition) is 2. The maximum Gasteiger partial charge on any atom is 0.251 e. The van der Waals surface area contributed by atoms with Crippen molar-refractivity contribution in [3.05, 3.63) is 63.6 Å². The molecule has 0 unspecified atom stereocenters. The summed E-state index contributed by atoms with van der Waals surface area (Å²) in [6, 6.07) is 9.49. The zero-order valence-corrected chi connectivity index (χ0v) is 10.8. The number of nitrogen functional groups attached to an aromatic ring is 1. The third kappa shape index (κ3) is 2.45. The number of rotatable bonds is 3. The smallest absolute Gasteiger partial charge is 0.251 e. The second kappa shape index (κ2) is 5.08. The van der Waals surface area contributed by atoms with Gasteiger partial charge in [0, 0.05) is 18.0 Å². The third-order valence-electron chi connectivity index (χ3n) is 3.30. The fourth-order valence-corrected chi connectivity index (χ4v) is 1.96. The van der Waals surface area contributed by atoms with Crippen LogP contribution in [0.2, 0.25) is 0 Å². The van der Waals surface area contributed by atoms with E-state index in [4.69, 9.17) is 5.73 Å². The minimum atomic E-state index is 0.0381. The summed E-state index contributed by atoms with van der Waals surface area (Å²) in [5.41, 5.74) is 9.88. The molecule has 0 aliphatic carbocycles. The van der Waals surface area contributed by atoms with Gasteiger partial charge in [0.25, 0.3) is 5.56 Å². The van der Waals surface area contributed by atoms with Crippen LogP contribution in [0.1, 0.15) is 23.6 Å². The molecule has 0 radical (unpaired) electrons. The second-order valence-electron chi connectivity index (χ2n) is 4.49. The van der Waals surface area contributed by atoms with Crippen molar-refractivity contribution >= 4 is 5.69 Å². The number of hydrogen-bond donors (Lipinski definition) is 1. The highest BCUT2D eigenvalue weighted by molar-refractivity contribution is 5.50. The zero-order chi connectivity index (χ0) is 13.1. The summed E-state index contributed by atoms with van der Waals surface area (Å²) >= 11 is 0. The van der Waals surface area contributed by atoms with Crippen LogP contribution in [0.15, 0.2) is 41.3 Å². The molecule has 0 aliphatic rings. The maximum absolute atomic E-state index is 11.9. The van der Waals surface area contributed by atoms with Crippen LogP contribution >= 0.6 is 0 Å². The van der Waals surface area contributed by atoms with Crippen molar-refractivity contribution in [3.8, 4) is 0 Å². The van der Waals surface area contributed by atoms with Crippen LogP contribution in [0.4, 0.5) is 5.69 Å². The Hall–Kier alpha value is -2.03. The number of nitrogens with zero attached hydrogens (tertiary/aromatic N) is 1. The van der Waals surface area contributed by atoms with E-state index in [0.717, 1.165) is 28.8 Å². The second-order valence-corrected chi connectivity index (χ2v) is 4.49. The van der Waals surface area contributed by atoms with Crippen LogP contribution < -0.4 is 11.3 Å². The summed E-state index contributed by atoms with van der Waals surface area (Å²) < 4.78 is 1.71. The summed E-state index contributed by atoms with van der Waals surface area (Å²) in [7, 11) is 0. The number of benzene rings is 1. The Kier molecular flexibility index (Phi) is 3.51. The molecule has 0 saturated carbocycles. The van der Waals surface area contributed by atoms with Gasteiger partial charge in [0.05, 0.1) is 6.54 Å². The van der Waals surface area contributed by atoms with Gasteiger partial charge in [0.1, 0.15) is 0 Å². The Labute approximate surface area is 107 Å². The lowest BCUT2D eigenvalue weighted by molar-refractivity contribution is 0.751. The zero-order valence-electron chi connectivity index (χ0n) is 10.8. The molecule has 1 heterocycles. The van der Waals surface area contributed by atoms with E-state index in [1.807, 2.05) is 44.3 Å². The number of nitrogens with two attached hydrogens (primary N) is 1. The fourth-order valence-electron chi connectivity index (χ4n) is 1.96. The monoisotopic (exact) mass is 242 g/mol. The molecule has 2 rings (SSSR count). The first-order valence-electron chi connectivity index (χ1n) is 6.15. The Morgan fingerprint density at radius 3 is 2.72 bits per heavy atom. The van der Waals surface area contributed by atoms with Gasteiger partial charge in [-0.25, -0.2) is 0 Å². The lowest BCUT2D eigenvalue weighted by Crippen LogP contribution is -2.20. The van der Waals surface area contributed by atoms with Crippen LogP contribution in [0.5, 0.6) is 0 Å². The molecular weight excluding hydrogens is 224 g/mol. The number of pyridine rings is 1. The van der Waals surface area contributed by atoms with Crippen molar-refractivity contribution in [2.45, 2.75) is 26.8 Å². The SMILES string of the molecule is CCc1ccn(Cc2cccc(N)c2C)c(=O)c1. The first-order chi connectivity index (χ1) is 8.61. The van der Waals surface area contributed by atoms with Crippen LogP contribution in [0.25, 0.3) is 0 Å². The molecule has 94 valence electrons. The lowest BCUT2D eigenvalue weighted by Gasteiger charge is -2.10. The van der Waals surface area contributed by atoms with Crippen LogP contribution in [0.3, 0.4) is 0 Å². The van der Waals surface area contributed by atoms with E-state index in [2.05, 4.69) is 0 Å². The van der Waals surface area contributed by atoms with Gasteiger partial charge < -0.3 is 10.3 Å². The van der Waals surface area contributed by atoms with E-state index < -0.39 is 0 Å². The summed E-state index contributed by atoms with van der Waals surface area (Å²) in [5.74, 6) is 0. The van der Waals surface area contributed by atoms with Gasteiger partial charge in [-0.3, -0.25) is 4.79 Å². The molecule has 1 aromatic heterocycles. The van der Waals surface area contributed by atoms with Crippen LogP contribution in [-0.4, -0.2) is 4.57 Å². The van der Waals surface area contributed by atoms with Crippen molar-refractivity contribution in [3.63, 3.8) is 0 Å². The lowest BCUT2D eigenvalue weighted by atomic mass is 10.1. The van der Waals surface area contributed by atoms with Gasteiger partial charge in [-0.15, -0.1) is 0 Å². The van der Waals surface area contributed by atoms with E-state index in [1.54, 1.807) is 10.6 Å². The minimum Gasteiger partial charge on any atom is -0.399 e. The fraction of sp³-hybridized carbons (Fsp3) is 0.267. The minimum absolute atomic E-state index is 0.0381. The van der Waals surface area contributed by atoms with Gasteiger partial charge in [0.15, 0.2) is 0 Å². The van der Waals surface area contributed by atoms with Gasteiger partial charge >= 0.3 is 0 Å². The Morgan fingerprint density at radius 2 is 2.06 bits per heavy atom. The highest BCUT2D eigenvalue weighted by Gasteiger charge is 2.03. The highest BCUT2D eigenvalue weighted by atomic mass is 16.1. The maximum atomic E-state index is 11.9. The summed E-state index contributed by atoms with van der Waals surface area (Å²) in [5, 5.41) is 0. The van der Waals surface area contributed by atoms with E-state index in [1.165, 1.54) is 0 Å². The average Bonchev–Trinajstić information content (AvgIpc) is 2.37. The molecule has 18 heavy (non-hydrogen) atoms. The third-order valence-corrected chi connectivity index (χ3v) is 3.30. The largest absolute Gasteiger partial charge is 0.399 e. The first kappa shape index (κ1) is 12.4. The highest BCUT2D eigenvalue weighted by Crippen LogP contribution is 2.16. The predicted octanol–water partition coefficient (Wildman–Crippen LogP) is 2.35. The number of aromatic nitrogens is 1. The van der Waals surface area contributed by atoms with Crippen molar-refractivity contribution in [1.82, 2.24) is 4.57 Å². The first-order valence-corrected chi connectivity index (χ1v) is 6.15.